The molecule has 0 aliphatic carbocycles. The van der Waals surface area contributed by atoms with Gasteiger partial charge in [-0.05, 0) is 30.3 Å². The monoisotopic (exact) mass is 440 g/mol. The average Bonchev–Trinajstić information content (AvgIpc) is 3.30. The number of hydrogen-bond acceptors (Lipinski definition) is 6. The van der Waals surface area contributed by atoms with E-state index in [4.69, 9.17) is 11.6 Å². The van der Waals surface area contributed by atoms with E-state index in [0.29, 0.717) is 16.2 Å². The van der Waals surface area contributed by atoms with Crippen molar-refractivity contribution in [2.24, 2.45) is 11.7 Å². The summed E-state index contributed by atoms with van der Waals surface area (Å²) in [5.74, 6) is 6.95. The number of halogens is 1. The zero-order valence-electron chi connectivity index (χ0n) is 15.9. The molecule has 0 bridgehead atoms. The number of pyridine rings is 1. The van der Waals surface area contributed by atoms with Gasteiger partial charge in [-0.15, -0.1) is 0 Å². The normalized spacial score (nSPS) is 12.3. The first-order valence-corrected chi connectivity index (χ1v) is 9.11. The van der Waals surface area contributed by atoms with E-state index in [-0.39, 0.29) is 27.8 Å². The van der Waals surface area contributed by atoms with E-state index in [9.17, 15) is 14.4 Å². The number of benzene rings is 2. The number of aromatic amines is 1. The second kappa shape index (κ2) is 8.50. The molecule has 0 fully saturated rings. The zero-order valence-corrected chi connectivity index (χ0v) is 16.6. The third-order valence-electron chi connectivity index (χ3n) is 4.72. The molecule has 0 radical (unpaired) electrons. The summed E-state index contributed by atoms with van der Waals surface area (Å²) in [7, 11) is 0. The zero-order chi connectivity index (χ0) is 21.4. The van der Waals surface area contributed by atoms with Crippen LogP contribution in [0.1, 0.15) is 20.7 Å². The second-order valence-electron chi connectivity index (χ2n) is 6.27. The second-order valence-corrected chi connectivity index (χ2v) is 6.68. The van der Waals surface area contributed by atoms with Gasteiger partial charge in [-0.3, -0.25) is 35.7 Å². The number of H-pyrrole nitrogens is 1. The number of nitrogens with one attached hydrogen (secondary N) is 1. The van der Waals surface area contributed by atoms with Crippen LogP contribution >= 0.6 is 11.6 Å². The van der Waals surface area contributed by atoms with Crippen molar-refractivity contribution in [2.75, 3.05) is 4.90 Å². The molecule has 11 heteroatoms. The molecular formula is C20H17ClN6O4. The molecule has 2 amide bonds. The summed E-state index contributed by atoms with van der Waals surface area (Å²) in [6, 6.07) is 15.1. The van der Waals surface area contributed by atoms with Gasteiger partial charge >= 0.3 is 0 Å². The first-order chi connectivity index (χ1) is 14.6. The summed E-state index contributed by atoms with van der Waals surface area (Å²) in [6.45, 7) is 0. The van der Waals surface area contributed by atoms with Crippen molar-refractivity contribution in [1.82, 2.24) is 14.8 Å². The molecule has 5 rings (SSSR count). The summed E-state index contributed by atoms with van der Waals surface area (Å²) >= 11 is 6.23. The van der Waals surface area contributed by atoms with Crippen molar-refractivity contribution in [3.05, 3.63) is 87.3 Å². The number of amides is 2. The van der Waals surface area contributed by atoms with Gasteiger partial charge < -0.3 is 5.48 Å². The Kier molecular flexibility index (Phi) is 5.99. The van der Waals surface area contributed by atoms with Crippen molar-refractivity contribution in [3.63, 3.8) is 0 Å². The maximum atomic E-state index is 13.2. The Bertz CT molecular complexity index is 1330. The van der Waals surface area contributed by atoms with Gasteiger partial charge in [-0.25, -0.2) is 4.90 Å². The molecule has 7 N–H and O–H groups in total. The van der Waals surface area contributed by atoms with Crippen molar-refractivity contribution in [3.8, 4) is 5.69 Å². The van der Waals surface area contributed by atoms with Gasteiger partial charge in [0.2, 0.25) is 0 Å². The van der Waals surface area contributed by atoms with Gasteiger partial charge in [0.25, 0.3) is 17.4 Å². The molecule has 158 valence electrons. The highest BCUT2D eigenvalue weighted by Crippen LogP contribution is 2.30. The van der Waals surface area contributed by atoms with Crippen molar-refractivity contribution < 1.29 is 15.1 Å². The Labute approximate surface area is 179 Å². The summed E-state index contributed by atoms with van der Waals surface area (Å²) in [6.07, 6.45) is 1.57. The van der Waals surface area contributed by atoms with Crippen LogP contribution < -0.4 is 22.1 Å². The Morgan fingerprint density at radius 2 is 1.45 bits per heavy atom. The minimum absolute atomic E-state index is 0. The van der Waals surface area contributed by atoms with E-state index >= 15 is 0 Å². The lowest BCUT2D eigenvalue weighted by Gasteiger charge is -2.12. The van der Waals surface area contributed by atoms with Crippen LogP contribution in [0.15, 0.2) is 65.6 Å². The Hall–Kier alpha value is -3.83. The summed E-state index contributed by atoms with van der Waals surface area (Å²) in [4.78, 5) is 39.7. The van der Waals surface area contributed by atoms with E-state index in [1.165, 1.54) is 4.57 Å². The van der Waals surface area contributed by atoms with E-state index in [1.807, 2.05) is 0 Å². The number of hydrogen-bond donors (Lipinski definition) is 3. The molecule has 0 unspecified atom stereocenters. The van der Waals surface area contributed by atoms with Crippen LogP contribution in [0, 0.1) is 0 Å². The number of imide groups is 1. The maximum absolute atomic E-state index is 13.2. The van der Waals surface area contributed by atoms with Gasteiger partial charge in [0, 0.05) is 6.20 Å². The highest BCUT2D eigenvalue weighted by molar-refractivity contribution is 6.35. The van der Waals surface area contributed by atoms with Crippen LogP contribution in [-0.2, 0) is 0 Å². The van der Waals surface area contributed by atoms with E-state index in [2.05, 4.69) is 21.9 Å². The van der Waals surface area contributed by atoms with Crippen molar-refractivity contribution in [1.29, 1.82) is 0 Å². The van der Waals surface area contributed by atoms with Gasteiger partial charge in [-0.2, -0.15) is 5.10 Å². The molecule has 0 spiro atoms. The quantitative estimate of drug-likeness (QED) is 0.239. The first-order valence-electron chi connectivity index (χ1n) is 8.73. The largest absolute Gasteiger partial charge is 0.412 e. The lowest BCUT2D eigenvalue weighted by atomic mass is 10.1. The van der Waals surface area contributed by atoms with Crippen LogP contribution in [-0.4, -0.2) is 32.1 Å². The highest BCUT2D eigenvalue weighted by Gasteiger charge is 2.39. The third kappa shape index (κ3) is 3.29. The smallest absolute Gasteiger partial charge is 0.268 e. The standard InChI is InChI=1S/C20H11ClN4O3.H4N2.H2O/c21-13-7-3-4-8-15(13)24-10-9-14-16(20(24)28)17(23-22-14)25-18(26)11-5-1-2-6-12(11)19(25)27;1-2;/h1-10H,(H,22,23);1-2H2;1H2. The van der Waals surface area contributed by atoms with E-state index in [0.717, 1.165) is 4.90 Å². The number of carbonyl (C=O) groups excluding carboxylic acids is 2. The molecule has 4 aromatic rings. The molecule has 1 aliphatic rings. The lowest BCUT2D eigenvalue weighted by molar-refractivity contribution is 0.0925. The predicted octanol–water partition coefficient (Wildman–Crippen LogP) is 1.16. The number of hydrazine groups is 1. The molecule has 3 heterocycles. The molecule has 1 aliphatic heterocycles. The number of para-hydroxylation sites is 1. The topological polar surface area (TPSA) is 172 Å². The fourth-order valence-corrected chi connectivity index (χ4v) is 3.62. The van der Waals surface area contributed by atoms with Crippen LogP contribution in [0.3, 0.4) is 0 Å². The van der Waals surface area contributed by atoms with Crippen LogP contribution in [0.4, 0.5) is 5.82 Å². The number of nitrogens with two attached hydrogens (primary N) is 2. The van der Waals surface area contributed by atoms with Crippen LogP contribution in [0.2, 0.25) is 5.02 Å². The number of rotatable bonds is 2. The van der Waals surface area contributed by atoms with Crippen LogP contribution in [0.5, 0.6) is 0 Å². The molecule has 2 aromatic heterocycles. The van der Waals surface area contributed by atoms with Gasteiger partial charge in [0.05, 0.1) is 27.4 Å². The average molecular weight is 441 g/mol. The summed E-state index contributed by atoms with van der Waals surface area (Å²) in [5.41, 5.74) is 1.04. The van der Waals surface area contributed by atoms with Gasteiger partial charge in [-0.1, -0.05) is 35.9 Å². The number of fused-ring (bicyclic) bond motifs is 2. The van der Waals surface area contributed by atoms with Crippen LogP contribution in [0.25, 0.3) is 16.6 Å². The van der Waals surface area contributed by atoms with Gasteiger partial charge in [0.15, 0.2) is 5.82 Å². The summed E-state index contributed by atoms with van der Waals surface area (Å²) in [5, 5.41) is 7.35. The lowest BCUT2D eigenvalue weighted by Crippen LogP contribution is -2.31. The Morgan fingerprint density at radius 1 is 0.871 bits per heavy atom. The van der Waals surface area contributed by atoms with Crippen molar-refractivity contribution >= 4 is 40.1 Å². The third-order valence-corrected chi connectivity index (χ3v) is 5.04. The molecular weight excluding hydrogens is 424 g/mol. The predicted molar refractivity (Wildman–Crippen MR) is 116 cm³/mol. The van der Waals surface area contributed by atoms with E-state index < -0.39 is 17.4 Å². The molecule has 0 saturated carbocycles. The number of anilines is 1. The SMILES string of the molecule is NN.O.O=C1c2ccccc2C(=O)N1c1n[nH]c2ccn(-c3ccccc3Cl)c(=O)c12. The number of carbonyl (C=O) groups is 2. The fraction of sp³-hybridized carbons (Fsp3) is 0. The van der Waals surface area contributed by atoms with E-state index in [1.54, 1.807) is 60.8 Å². The maximum Gasteiger partial charge on any atom is 0.268 e. The first kappa shape index (κ1) is 21.9. The highest BCUT2D eigenvalue weighted by atomic mass is 35.5. The number of nitrogens with zero attached hydrogens (tertiary/aromatic N) is 3. The molecule has 2 aromatic carbocycles. The van der Waals surface area contributed by atoms with Gasteiger partial charge in [0.1, 0.15) is 5.39 Å². The minimum Gasteiger partial charge on any atom is -0.412 e. The molecule has 0 atom stereocenters. The molecule has 10 nitrogen and oxygen atoms in total. The summed E-state index contributed by atoms with van der Waals surface area (Å²) < 4.78 is 1.36. The molecule has 0 saturated heterocycles. The number of aromatic nitrogens is 3. The minimum atomic E-state index is -0.512. The Balaban J connectivity index is 0.000000883. The molecule has 31 heavy (non-hydrogen) atoms. The Morgan fingerprint density at radius 3 is 2.06 bits per heavy atom. The van der Waals surface area contributed by atoms with Crippen molar-refractivity contribution in [2.45, 2.75) is 0 Å². The fourth-order valence-electron chi connectivity index (χ4n) is 3.39.